The molecule has 0 fully saturated rings. The normalized spacial score (nSPS) is 21.8. The minimum Gasteiger partial charge on any atom is -0.481 e. The van der Waals surface area contributed by atoms with Gasteiger partial charge in [0.25, 0.3) is 0 Å². The fourth-order valence-corrected chi connectivity index (χ4v) is 7.41. The Hall–Kier alpha value is -5.76. The number of carbonyl (C=O) groups excluding carboxylic acids is 2. The Kier molecular flexibility index (Phi) is 11.1. The summed E-state index contributed by atoms with van der Waals surface area (Å²) in [7, 11) is 0. The van der Waals surface area contributed by atoms with E-state index >= 15 is 0 Å². The molecule has 4 aromatic carbocycles. The van der Waals surface area contributed by atoms with Crippen molar-refractivity contribution in [3.8, 4) is 0 Å². The summed E-state index contributed by atoms with van der Waals surface area (Å²) in [6, 6.07) is 33.4. The first-order valence-corrected chi connectivity index (χ1v) is 16.5. The summed E-state index contributed by atoms with van der Waals surface area (Å²) in [5, 5.41) is 19.2. The standard InChI is InChI=1S/2C21H20O4/c2*1-2-14-25-20(24)21(15-8-4-3-5-9-15)13-12-17(19(22)23)16-10-6-7-11-18(16)21/h2*2-11,17H,1,12-14H2,(H,22,23)/t17-,21?;/m1./s1. The second kappa shape index (κ2) is 15.6. The molecule has 8 heteroatoms. The number of carboxylic acid groups (broad SMARTS) is 2. The van der Waals surface area contributed by atoms with Gasteiger partial charge in [-0.05, 0) is 59.1 Å². The zero-order chi connectivity index (χ0) is 35.7. The van der Waals surface area contributed by atoms with Gasteiger partial charge in [-0.3, -0.25) is 19.2 Å². The molecule has 50 heavy (non-hydrogen) atoms. The van der Waals surface area contributed by atoms with Crippen LogP contribution in [-0.2, 0) is 39.5 Å². The molecule has 6 rings (SSSR count). The molecule has 2 aliphatic carbocycles. The van der Waals surface area contributed by atoms with Crippen molar-refractivity contribution in [1.29, 1.82) is 0 Å². The molecule has 0 amide bonds. The van der Waals surface area contributed by atoms with Gasteiger partial charge in [0.1, 0.15) is 24.0 Å². The van der Waals surface area contributed by atoms with Crippen molar-refractivity contribution in [2.75, 3.05) is 13.2 Å². The number of esters is 2. The SMILES string of the molecule is C=CCOC(=O)C1(c2ccccc2)CCC(C(=O)O)c2ccccc21.C=CCOC(=O)C1(c2ccccc2)CC[C@@H](C(=O)O)c2ccccc21. The lowest BCUT2D eigenvalue weighted by Crippen LogP contribution is -2.43. The quantitative estimate of drug-likeness (QED) is 0.133. The number of benzene rings is 4. The van der Waals surface area contributed by atoms with Crippen LogP contribution in [0.15, 0.2) is 135 Å². The Morgan fingerprint density at radius 1 is 0.580 bits per heavy atom. The van der Waals surface area contributed by atoms with Crippen molar-refractivity contribution >= 4 is 23.9 Å². The molecule has 0 spiro atoms. The third kappa shape index (κ3) is 6.61. The summed E-state index contributed by atoms with van der Waals surface area (Å²) >= 11 is 0. The number of carbonyl (C=O) groups is 4. The van der Waals surface area contributed by atoms with Crippen molar-refractivity contribution in [2.24, 2.45) is 0 Å². The molecule has 0 saturated carbocycles. The number of hydrogen-bond acceptors (Lipinski definition) is 6. The maximum Gasteiger partial charge on any atom is 0.321 e. The number of hydrogen-bond donors (Lipinski definition) is 2. The fraction of sp³-hybridized carbons (Fsp3) is 0.238. The number of fused-ring (bicyclic) bond motifs is 2. The molecule has 0 saturated heterocycles. The van der Waals surface area contributed by atoms with Crippen molar-refractivity contribution in [2.45, 2.75) is 48.3 Å². The largest absolute Gasteiger partial charge is 0.481 e. The average Bonchev–Trinajstić information content (AvgIpc) is 3.15. The summed E-state index contributed by atoms with van der Waals surface area (Å²) in [5.41, 5.74) is 2.45. The van der Waals surface area contributed by atoms with E-state index in [4.69, 9.17) is 9.47 Å². The molecule has 0 radical (unpaired) electrons. The van der Waals surface area contributed by atoms with Gasteiger partial charge >= 0.3 is 23.9 Å². The smallest absolute Gasteiger partial charge is 0.321 e. The molecule has 0 aliphatic heterocycles. The third-order valence-corrected chi connectivity index (χ3v) is 9.70. The highest BCUT2D eigenvalue weighted by Gasteiger charge is 2.50. The van der Waals surface area contributed by atoms with Gasteiger partial charge in [-0.1, -0.05) is 135 Å². The van der Waals surface area contributed by atoms with E-state index in [0.29, 0.717) is 47.9 Å². The highest BCUT2D eigenvalue weighted by molar-refractivity contribution is 5.91. The number of ether oxygens (including phenoxy) is 2. The highest BCUT2D eigenvalue weighted by atomic mass is 16.5. The van der Waals surface area contributed by atoms with E-state index in [0.717, 1.165) is 11.1 Å². The van der Waals surface area contributed by atoms with E-state index in [2.05, 4.69) is 13.2 Å². The molecule has 4 atom stereocenters. The first-order valence-electron chi connectivity index (χ1n) is 16.5. The summed E-state index contributed by atoms with van der Waals surface area (Å²) < 4.78 is 10.9. The Labute approximate surface area is 291 Å². The molecule has 256 valence electrons. The third-order valence-electron chi connectivity index (χ3n) is 9.70. The zero-order valence-electron chi connectivity index (χ0n) is 27.7. The molecule has 2 N–H and O–H groups in total. The van der Waals surface area contributed by atoms with Crippen LogP contribution in [0.4, 0.5) is 0 Å². The summed E-state index contributed by atoms with van der Waals surface area (Å²) in [6.07, 6.45) is 4.60. The molecule has 4 aromatic rings. The summed E-state index contributed by atoms with van der Waals surface area (Å²) in [5.74, 6) is -3.69. The Balaban J connectivity index is 0.000000194. The predicted molar refractivity (Wildman–Crippen MR) is 189 cm³/mol. The average molecular weight is 673 g/mol. The maximum absolute atomic E-state index is 13.1. The van der Waals surface area contributed by atoms with E-state index in [1.54, 1.807) is 12.1 Å². The van der Waals surface area contributed by atoms with Crippen LogP contribution in [-0.4, -0.2) is 47.3 Å². The lowest BCUT2D eigenvalue weighted by Gasteiger charge is -2.39. The minimum atomic E-state index is -0.993. The van der Waals surface area contributed by atoms with E-state index in [1.807, 2.05) is 97.1 Å². The van der Waals surface area contributed by atoms with Crippen molar-refractivity contribution in [3.05, 3.63) is 168 Å². The number of carboxylic acids is 2. The number of aliphatic carboxylic acids is 2. The second-order valence-corrected chi connectivity index (χ2v) is 12.4. The number of rotatable bonds is 10. The zero-order valence-corrected chi connectivity index (χ0v) is 27.7. The van der Waals surface area contributed by atoms with Crippen LogP contribution in [0.25, 0.3) is 0 Å². The van der Waals surface area contributed by atoms with Gasteiger partial charge in [0.2, 0.25) is 0 Å². The van der Waals surface area contributed by atoms with E-state index in [9.17, 15) is 29.4 Å². The maximum atomic E-state index is 13.1. The van der Waals surface area contributed by atoms with E-state index < -0.39 is 34.6 Å². The minimum absolute atomic E-state index is 0.123. The van der Waals surface area contributed by atoms with Crippen LogP contribution in [0.1, 0.15) is 70.9 Å². The van der Waals surface area contributed by atoms with Crippen LogP contribution in [0.2, 0.25) is 0 Å². The molecule has 0 heterocycles. The van der Waals surface area contributed by atoms with Crippen LogP contribution in [0.5, 0.6) is 0 Å². The summed E-state index contributed by atoms with van der Waals surface area (Å²) in [6.45, 7) is 7.44. The first-order chi connectivity index (χ1) is 24.2. The Morgan fingerprint density at radius 2 is 0.920 bits per heavy atom. The van der Waals surface area contributed by atoms with Crippen molar-refractivity contribution < 1.29 is 38.9 Å². The summed E-state index contributed by atoms with van der Waals surface area (Å²) in [4.78, 5) is 49.6. The van der Waals surface area contributed by atoms with Gasteiger partial charge in [0.15, 0.2) is 0 Å². The van der Waals surface area contributed by atoms with Crippen LogP contribution in [0, 0.1) is 0 Å². The van der Waals surface area contributed by atoms with Crippen molar-refractivity contribution in [1.82, 2.24) is 0 Å². The van der Waals surface area contributed by atoms with Gasteiger partial charge in [-0.2, -0.15) is 0 Å². The first kappa shape index (κ1) is 35.5. The van der Waals surface area contributed by atoms with Crippen LogP contribution >= 0.6 is 0 Å². The fourth-order valence-electron chi connectivity index (χ4n) is 7.41. The molecular formula is C42H40O8. The second-order valence-electron chi connectivity index (χ2n) is 12.4. The lowest BCUT2D eigenvalue weighted by molar-refractivity contribution is -0.149. The van der Waals surface area contributed by atoms with E-state index in [-0.39, 0.29) is 25.2 Å². The molecule has 0 bridgehead atoms. The highest BCUT2D eigenvalue weighted by Crippen LogP contribution is 2.49. The molecular weight excluding hydrogens is 632 g/mol. The van der Waals surface area contributed by atoms with Gasteiger partial charge in [0.05, 0.1) is 11.8 Å². The molecule has 8 nitrogen and oxygen atoms in total. The van der Waals surface area contributed by atoms with Gasteiger partial charge < -0.3 is 19.7 Å². The van der Waals surface area contributed by atoms with Gasteiger partial charge in [-0.15, -0.1) is 0 Å². The topological polar surface area (TPSA) is 127 Å². The predicted octanol–water partition coefficient (Wildman–Crippen LogP) is 7.33. The van der Waals surface area contributed by atoms with Crippen molar-refractivity contribution in [3.63, 3.8) is 0 Å². The van der Waals surface area contributed by atoms with Gasteiger partial charge in [0, 0.05) is 0 Å². The van der Waals surface area contributed by atoms with Gasteiger partial charge in [-0.25, -0.2) is 0 Å². The molecule has 0 aromatic heterocycles. The molecule has 3 unspecified atom stereocenters. The van der Waals surface area contributed by atoms with E-state index in [1.165, 1.54) is 12.2 Å². The van der Waals surface area contributed by atoms with Crippen LogP contribution in [0.3, 0.4) is 0 Å². The van der Waals surface area contributed by atoms with Crippen LogP contribution < -0.4 is 0 Å². The molecule has 2 aliphatic rings. The Bertz CT molecular complexity index is 1730. The monoisotopic (exact) mass is 672 g/mol. The Morgan fingerprint density at radius 3 is 1.26 bits per heavy atom. The lowest BCUT2D eigenvalue weighted by atomic mass is 9.63.